The van der Waals surface area contributed by atoms with Crippen molar-refractivity contribution in [3.8, 4) is 5.75 Å². The highest BCUT2D eigenvalue weighted by molar-refractivity contribution is 6.02. The largest absolute Gasteiger partial charge is 0.485 e. The van der Waals surface area contributed by atoms with Crippen molar-refractivity contribution in [1.82, 2.24) is 30.2 Å². The molecule has 0 aliphatic carbocycles. The number of nitrogens with zero attached hydrogens (tertiary/aromatic N) is 5. The van der Waals surface area contributed by atoms with E-state index in [9.17, 15) is 14.4 Å². The van der Waals surface area contributed by atoms with Crippen molar-refractivity contribution in [1.29, 1.82) is 0 Å². The fourth-order valence-corrected chi connectivity index (χ4v) is 5.08. The van der Waals surface area contributed by atoms with E-state index in [0.717, 1.165) is 19.6 Å². The zero-order valence-electron chi connectivity index (χ0n) is 25.7. The molecule has 2 aliphatic rings. The van der Waals surface area contributed by atoms with Gasteiger partial charge in [-0.2, -0.15) is 4.98 Å². The average Bonchev–Trinajstić information content (AvgIpc) is 3.65. The van der Waals surface area contributed by atoms with Gasteiger partial charge in [0.25, 0.3) is 11.8 Å². The third-order valence-electron chi connectivity index (χ3n) is 7.48. The lowest BCUT2D eigenvalue weighted by Crippen LogP contribution is -2.52. The topological polar surface area (TPSA) is 121 Å². The number of rotatable bonds is 10. The molecule has 0 radical (unpaired) electrons. The quantitative estimate of drug-likeness (QED) is 0.454. The Morgan fingerprint density at radius 1 is 1.07 bits per heavy atom. The molecule has 4 rings (SSSR count). The molecule has 2 aliphatic heterocycles. The summed E-state index contributed by atoms with van der Waals surface area (Å²) in [6, 6.07) is 6.05. The highest BCUT2D eigenvalue weighted by Gasteiger charge is 2.36. The van der Waals surface area contributed by atoms with Crippen molar-refractivity contribution in [2.24, 2.45) is 5.92 Å². The summed E-state index contributed by atoms with van der Waals surface area (Å²) in [4.78, 5) is 50.9. The Morgan fingerprint density at radius 2 is 1.79 bits per heavy atom. The summed E-state index contributed by atoms with van der Waals surface area (Å²) >= 11 is 0. The van der Waals surface area contributed by atoms with Crippen LogP contribution in [0.1, 0.15) is 76.5 Å². The Morgan fingerprint density at radius 3 is 2.43 bits per heavy atom. The number of ether oxygens (including phenoxy) is 1. The molecule has 3 amide bonds. The summed E-state index contributed by atoms with van der Waals surface area (Å²) in [6.07, 6.45) is 2.87. The average molecular weight is 581 g/mol. The first-order chi connectivity index (χ1) is 20.0. The molecular weight excluding hydrogens is 536 g/mol. The number of hydrogen-bond donors (Lipinski definition) is 1. The summed E-state index contributed by atoms with van der Waals surface area (Å²) in [5, 5.41) is 6.92. The van der Waals surface area contributed by atoms with Gasteiger partial charge in [-0.15, -0.1) is 0 Å². The minimum atomic E-state index is -0.802. The van der Waals surface area contributed by atoms with E-state index >= 15 is 0 Å². The van der Waals surface area contributed by atoms with Gasteiger partial charge < -0.3 is 29.3 Å². The number of nitrogens with one attached hydrogen (secondary N) is 1. The molecule has 1 saturated heterocycles. The van der Waals surface area contributed by atoms with Gasteiger partial charge in [0.05, 0.1) is 5.56 Å². The molecule has 0 saturated carbocycles. The molecule has 1 aromatic heterocycles. The van der Waals surface area contributed by atoms with Crippen LogP contribution in [0, 0.1) is 5.92 Å². The molecular formula is C31H44N6O5. The first kappa shape index (κ1) is 31.2. The van der Waals surface area contributed by atoms with Crippen LogP contribution < -0.4 is 10.1 Å². The maximum absolute atomic E-state index is 13.9. The number of aromatic nitrogens is 2. The molecule has 11 heteroatoms. The van der Waals surface area contributed by atoms with E-state index in [1.54, 1.807) is 29.2 Å². The fraction of sp³-hybridized carbons (Fsp3) is 0.581. The van der Waals surface area contributed by atoms with Gasteiger partial charge in [0.2, 0.25) is 17.6 Å². The Labute approximate surface area is 248 Å². The van der Waals surface area contributed by atoms with Gasteiger partial charge in [-0.05, 0) is 37.4 Å². The third kappa shape index (κ3) is 7.56. The number of carbonyl (C=O) groups is 3. The summed E-state index contributed by atoms with van der Waals surface area (Å²) in [7, 11) is 0. The maximum atomic E-state index is 13.9. The Hall–Kier alpha value is -3.73. The van der Waals surface area contributed by atoms with Gasteiger partial charge in [-0.1, -0.05) is 64.9 Å². The Balaban J connectivity index is 1.45. The van der Waals surface area contributed by atoms with Crippen LogP contribution >= 0.6 is 0 Å². The summed E-state index contributed by atoms with van der Waals surface area (Å²) in [5.41, 5.74) is 0.409. The van der Waals surface area contributed by atoms with Gasteiger partial charge in [-0.3, -0.25) is 14.4 Å². The smallest absolute Gasteiger partial charge is 0.270 e. The first-order valence-corrected chi connectivity index (χ1v) is 14.9. The minimum absolute atomic E-state index is 0.0226. The molecule has 0 spiro atoms. The maximum Gasteiger partial charge on any atom is 0.270 e. The zero-order chi connectivity index (χ0) is 30.4. The summed E-state index contributed by atoms with van der Waals surface area (Å²) in [6.45, 7) is 16.3. The molecule has 3 heterocycles. The number of likely N-dealkylation sites (N-methyl/N-ethyl adjacent to an activating group) is 1. The monoisotopic (exact) mass is 580 g/mol. The lowest BCUT2D eigenvalue weighted by molar-refractivity contribution is -0.137. The predicted molar refractivity (Wildman–Crippen MR) is 158 cm³/mol. The van der Waals surface area contributed by atoms with E-state index in [1.807, 2.05) is 45.6 Å². The van der Waals surface area contributed by atoms with Crippen molar-refractivity contribution in [3.63, 3.8) is 0 Å². The molecule has 1 fully saturated rings. The number of hydrogen-bond acceptors (Lipinski definition) is 8. The van der Waals surface area contributed by atoms with Crippen molar-refractivity contribution in [3.05, 3.63) is 53.3 Å². The van der Waals surface area contributed by atoms with Gasteiger partial charge >= 0.3 is 0 Å². The normalized spacial score (nSPS) is 16.9. The summed E-state index contributed by atoms with van der Waals surface area (Å²) in [5.74, 6) is 0.517. The van der Waals surface area contributed by atoms with Crippen LogP contribution in [0.15, 0.2) is 40.6 Å². The summed E-state index contributed by atoms with van der Waals surface area (Å²) < 4.78 is 11.3. The van der Waals surface area contributed by atoms with Crippen LogP contribution in [0.4, 0.5) is 0 Å². The van der Waals surface area contributed by atoms with E-state index in [-0.39, 0.29) is 29.8 Å². The Kier molecular flexibility index (Phi) is 10.0. The number of benzene rings is 1. The molecule has 42 heavy (non-hydrogen) atoms. The molecule has 0 unspecified atom stereocenters. The van der Waals surface area contributed by atoms with E-state index in [4.69, 9.17) is 9.26 Å². The van der Waals surface area contributed by atoms with Crippen molar-refractivity contribution >= 4 is 17.7 Å². The highest BCUT2D eigenvalue weighted by Crippen LogP contribution is 2.24. The van der Waals surface area contributed by atoms with Crippen molar-refractivity contribution in [2.45, 2.75) is 72.4 Å². The van der Waals surface area contributed by atoms with Gasteiger partial charge in [-0.25, -0.2) is 0 Å². The van der Waals surface area contributed by atoms with Crippen LogP contribution in [-0.2, 0) is 21.6 Å². The number of amides is 3. The second kappa shape index (κ2) is 13.5. The highest BCUT2D eigenvalue weighted by atomic mass is 16.5. The molecule has 1 aromatic carbocycles. The van der Waals surface area contributed by atoms with Crippen LogP contribution in [0.3, 0.4) is 0 Å². The molecule has 2 aromatic rings. The number of carbonyl (C=O) groups excluding carboxylic acids is 3. The van der Waals surface area contributed by atoms with Crippen LogP contribution in [0.2, 0.25) is 0 Å². The molecule has 1 atom stereocenters. The second-order valence-corrected chi connectivity index (χ2v) is 12.3. The predicted octanol–water partition coefficient (Wildman–Crippen LogP) is 3.37. The van der Waals surface area contributed by atoms with Gasteiger partial charge in [0.15, 0.2) is 6.61 Å². The third-order valence-corrected chi connectivity index (χ3v) is 7.48. The van der Waals surface area contributed by atoms with E-state index in [2.05, 4.69) is 27.3 Å². The van der Waals surface area contributed by atoms with Crippen LogP contribution in [-0.4, -0.2) is 87.9 Å². The number of para-hydroxylation sites is 1. The molecule has 1 N–H and O–H groups in total. The lowest BCUT2D eigenvalue weighted by atomic mass is 9.97. The molecule has 228 valence electrons. The van der Waals surface area contributed by atoms with Crippen molar-refractivity contribution < 1.29 is 23.6 Å². The van der Waals surface area contributed by atoms with Crippen LogP contribution in [0.25, 0.3) is 0 Å². The van der Waals surface area contributed by atoms with E-state index in [1.165, 1.54) is 0 Å². The van der Waals surface area contributed by atoms with Crippen molar-refractivity contribution in [2.75, 3.05) is 39.3 Å². The second-order valence-electron chi connectivity index (χ2n) is 12.3. The minimum Gasteiger partial charge on any atom is -0.485 e. The van der Waals surface area contributed by atoms with E-state index < -0.39 is 11.9 Å². The van der Waals surface area contributed by atoms with Gasteiger partial charge in [0.1, 0.15) is 17.5 Å². The number of piperazine rings is 1. The molecule has 0 bridgehead atoms. The SMILES string of the molecule is CCN1CCN(C(=O)C2=CCCN2C(=O)[C@@H](CC(C)C)NC(=O)c2ccccc2OCc2noc(C(C)(C)C)n2)CC1. The fourth-order valence-electron chi connectivity index (χ4n) is 5.08. The Bertz CT molecular complexity index is 1290. The van der Waals surface area contributed by atoms with Crippen LogP contribution in [0.5, 0.6) is 5.75 Å². The molecule has 11 nitrogen and oxygen atoms in total. The lowest BCUT2D eigenvalue weighted by Gasteiger charge is -2.35. The first-order valence-electron chi connectivity index (χ1n) is 14.9. The van der Waals surface area contributed by atoms with E-state index in [0.29, 0.717) is 61.2 Å². The standard InChI is InChI=1S/C31H44N6O5/c1-7-35-15-17-36(18-16-35)29(40)24-12-10-14-37(24)28(39)23(19-21(2)3)32-27(38)22-11-8-9-13-25(22)41-20-26-33-30(42-34-26)31(4,5)6/h8-9,11-13,21,23H,7,10,14-20H2,1-6H3,(H,32,38)/t23-/m1/s1. The zero-order valence-corrected chi connectivity index (χ0v) is 25.7. The van der Waals surface area contributed by atoms with Gasteiger partial charge in [0, 0.05) is 38.1 Å².